The van der Waals surface area contributed by atoms with Gasteiger partial charge in [-0.1, -0.05) is 13.3 Å². The van der Waals surface area contributed by atoms with E-state index in [-0.39, 0.29) is 5.95 Å². The highest BCUT2D eigenvalue weighted by molar-refractivity contribution is 6.70. The van der Waals surface area contributed by atoms with E-state index in [2.05, 4.69) is 6.92 Å². The minimum atomic E-state index is -1.77. The van der Waals surface area contributed by atoms with E-state index in [0.717, 1.165) is 12.8 Å². The summed E-state index contributed by atoms with van der Waals surface area (Å²) in [5.74, 6) is -0.131. The second-order valence-corrected chi connectivity index (χ2v) is 9.06. The Labute approximate surface area is 105 Å². The molecule has 0 aliphatic heterocycles. The first-order valence-corrected chi connectivity index (χ1v) is 9.50. The Morgan fingerprint density at radius 1 is 1.18 bits per heavy atom. The van der Waals surface area contributed by atoms with E-state index < -0.39 is 14.3 Å². The quantitative estimate of drug-likeness (QED) is 0.221. The van der Waals surface area contributed by atoms with E-state index in [1.54, 1.807) is 6.92 Å². The van der Waals surface area contributed by atoms with Crippen LogP contribution in [0.25, 0.3) is 0 Å². The van der Waals surface area contributed by atoms with Gasteiger partial charge in [-0.2, -0.15) is 0 Å². The molecule has 0 aromatic heterocycles. The average molecular weight is 260 g/mol. The molecule has 0 heterocycles. The maximum Gasteiger partial charge on any atom is 0.337 e. The summed E-state index contributed by atoms with van der Waals surface area (Å²) in [4.78, 5) is 11.3. The van der Waals surface area contributed by atoms with Crippen molar-refractivity contribution in [3.05, 3.63) is 12.0 Å². The molecule has 0 unspecified atom stereocenters. The van der Waals surface area contributed by atoms with Gasteiger partial charge in [-0.3, -0.25) is 0 Å². The summed E-state index contributed by atoms with van der Waals surface area (Å²) >= 11 is 0. The summed E-state index contributed by atoms with van der Waals surface area (Å²) in [5.41, 5.74) is 0. The van der Waals surface area contributed by atoms with Crippen LogP contribution in [0.15, 0.2) is 12.0 Å². The van der Waals surface area contributed by atoms with Gasteiger partial charge in [0.15, 0.2) is 0 Å². The minimum absolute atomic E-state index is 0.288. The smallest absolute Gasteiger partial charge is 0.337 e. The number of ether oxygens (including phenoxy) is 2. The molecule has 0 N–H and O–H groups in total. The molecular formula is C12H24O4Si. The summed E-state index contributed by atoms with van der Waals surface area (Å²) in [5, 5.41) is 0. The van der Waals surface area contributed by atoms with Crippen LogP contribution >= 0.6 is 0 Å². The Kier molecular flexibility index (Phi) is 7.70. The monoisotopic (exact) mass is 260 g/mol. The van der Waals surface area contributed by atoms with Crippen LogP contribution in [0.1, 0.15) is 26.7 Å². The number of hydrogen-bond donors (Lipinski definition) is 0. The molecule has 0 bridgehead atoms. The number of carbonyl (C=O) groups is 1. The Morgan fingerprint density at radius 3 is 2.29 bits per heavy atom. The van der Waals surface area contributed by atoms with Gasteiger partial charge in [-0.05, 0) is 33.0 Å². The van der Waals surface area contributed by atoms with Gasteiger partial charge in [0.05, 0.1) is 13.2 Å². The maximum absolute atomic E-state index is 11.3. The molecule has 0 aromatic carbocycles. The zero-order valence-electron chi connectivity index (χ0n) is 11.5. The summed E-state index contributed by atoms with van der Waals surface area (Å²) in [6, 6.07) is 0. The fourth-order valence-corrected chi connectivity index (χ4v) is 1.72. The first-order valence-electron chi connectivity index (χ1n) is 6.09. The maximum atomic E-state index is 11.3. The van der Waals surface area contributed by atoms with Crippen molar-refractivity contribution < 1.29 is 18.7 Å². The molecule has 0 atom stereocenters. The van der Waals surface area contributed by atoms with E-state index in [4.69, 9.17) is 13.9 Å². The topological polar surface area (TPSA) is 44.8 Å². The summed E-state index contributed by atoms with van der Waals surface area (Å²) in [7, 11) is -1.77. The molecule has 0 radical (unpaired) electrons. The van der Waals surface area contributed by atoms with Gasteiger partial charge in [-0.25, -0.2) is 4.79 Å². The van der Waals surface area contributed by atoms with Crippen molar-refractivity contribution in [1.82, 2.24) is 0 Å². The Bertz CT molecular complexity index is 256. The zero-order chi connectivity index (χ0) is 13.3. The van der Waals surface area contributed by atoms with Gasteiger partial charge in [0.1, 0.15) is 6.08 Å². The normalized spacial score (nSPS) is 12.2. The fraction of sp³-hybridized carbons (Fsp3) is 0.750. The lowest BCUT2D eigenvalue weighted by molar-refractivity contribution is -0.137. The predicted octanol–water partition coefficient (Wildman–Crippen LogP) is 3.06. The number of unbranched alkanes of at least 4 members (excludes halogenated alkanes) is 1. The van der Waals surface area contributed by atoms with Crippen molar-refractivity contribution in [2.75, 3.05) is 13.2 Å². The molecule has 0 spiro atoms. The summed E-state index contributed by atoms with van der Waals surface area (Å²) in [6.07, 6.45) is 3.27. The molecule has 4 nitrogen and oxygen atoms in total. The third kappa shape index (κ3) is 9.93. The van der Waals surface area contributed by atoms with Crippen molar-refractivity contribution in [2.24, 2.45) is 0 Å². The van der Waals surface area contributed by atoms with Crippen molar-refractivity contribution in [1.29, 1.82) is 0 Å². The molecule has 0 saturated carbocycles. The molecule has 17 heavy (non-hydrogen) atoms. The van der Waals surface area contributed by atoms with E-state index in [0.29, 0.717) is 13.2 Å². The van der Waals surface area contributed by atoms with Crippen LogP contribution in [-0.4, -0.2) is 27.5 Å². The molecule has 5 heteroatoms. The van der Waals surface area contributed by atoms with Crippen molar-refractivity contribution in [3.63, 3.8) is 0 Å². The Balaban J connectivity index is 4.43. The highest BCUT2D eigenvalue weighted by Crippen LogP contribution is 2.12. The van der Waals surface area contributed by atoms with Gasteiger partial charge >= 0.3 is 5.97 Å². The second-order valence-electron chi connectivity index (χ2n) is 4.63. The lowest BCUT2D eigenvalue weighted by Gasteiger charge is -2.21. The third-order valence-corrected chi connectivity index (χ3v) is 2.48. The third-order valence-electron chi connectivity index (χ3n) is 1.67. The van der Waals surface area contributed by atoms with Gasteiger partial charge in [0.2, 0.25) is 8.32 Å². The second kappa shape index (κ2) is 8.17. The van der Waals surface area contributed by atoms with Crippen molar-refractivity contribution >= 4 is 14.3 Å². The van der Waals surface area contributed by atoms with Crippen LogP contribution < -0.4 is 0 Å². The standard InChI is InChI=1S/C12H24O4Si/c1-6-8-9-15-12(16-17(3,4)5)10-11(13)14-7-2/h10H,6-9H2,1-5H3/b12-10-. The minimum Gasteiger partial charge on any atom is -0.520 e. The van der Waals surface area contributed by atoms with Crippen LogP contribution in [0.4, 0.5) is 0 Å². The number of hydrogen-bond acceptors (Lipinski definition) is 4. The molecule has 0 fully saturated rings. The van der Waals surface area contributed by atoms with Crippen LogP contribution in [0, 0.1) is 0 Å². The fourth-order valence-electron chi connectivity index (χ4n) is 1.000. The summed E-state index contributed by atoms with van der Waals surface area (Å²) in [6.45, 7) is 10.9. The highest BCUT2D eigenvalue weighted by Gasteiger charge is 2.19. The van der Waals surface area contributed by atoms with Gasteiger partial charge in [0.25, 0.3) is 5.95 Å². The lowest BCUT2D eigenvalue weighted by Crippen LogP contribution is -2.26. The van der Waals surface area contributed by atoms with E-state index in [1.807, 2.05) is 19.6 Å². The zero-order valence-corrected chi connectivity index (χ0v) is 12.5. The van der Waals surface area contributed by atoms with E-state index in [9.17, 15) is 4.79 Å². The number of rotatable bonds is 8. The molecule has 0 amide bonds. The predicted molar refractivity (Wildman–Crippen MR) is 70.0 cm³/mol. The van der Waals surface area contributed by atoms with E-state index >= 15 is 0 Å². The molecule has 0 aliphatic rings. The Hall–Kier alpha value is -0.973. The molecule has 0 aliphatic carbocycles. The van der Waals surface area contributed by atoms with Crippen molar-refractivity contribution in [3.8, 4) is 0 Å². The van der Waals surface area contributed by atoms with Crippen molar-refractivity contribution in [2.45, 2.75) is 46.3 Å². The Morgan fingerprint density at radius 2 is 1.82 bits per heavy atom. The largest absolute Gasteiger partial charge is 0.520 e. The van der Waals surface area contributed by atoms with Gasteiger partial charge < -0.3 is 13.9 Å². The van der Waals surface area contributed by atoms with E-state index in [1.165, 1.54) is 6.08 Å². The van der Waals surface area contributed by atoms with Gasteiger partial charge in [-0.15, -0.1) is 0 Å². The van der Waals surface area contributed by atoms with Crippen LogP contribution in [-0.2, 0) is 18.7 Å². The SMILES string of the molecule is CCCCO/C(=C/C(=O)OCC)O[Si](C)(C)C. The van der Waals surface area contributed by atoms with Crippen LogP contribution in [0.3, 0.4) is 0 Å². The van der Waals surface area contributed by atoms with Crippen LogP contribution in [0.2, 0.25) is 19.6 Å². The number of esters is 1. The van der Waals surface area contributed by atoms with Gasteiger partial charge in [0, 0.05) is 0 Å². The molecule has 0 rings (SSSR count). The first kappa shape index (κ1) is 16.0. The first-order chi connectivity index (χ1) is 7.89. The molecule has 0 aromatic rings. The average Bonchev–Trinajstić information content (AvgIpc) is 2.15. The van der Waals surface area contributed by atoms with Crippen LogP contribution in [0.5, 0.6) is 0 Å². The lowest BCUT2D eigenvalue weighted by atomic mass is 10.4. The highest BCUT2D eigenvalue weighted by atomic mass is 28.4. The molecule has 0 saturated heterocycles. The molecular weight excluding hydrogens is 236 g/mol. The number of carbonyl (C=O) groups excluding carboxylic acids is 1. The molecule has 100 valence electrons. The summed E-state index contributed by atoms with van der Waals surface area (Å²) < 4.78 is 16.0.